The zero-order valence-corrected chi connectivity index (χ0v) is 13.8. The van der Waals surface area contributed by atoms with Crippen molar-refractivity contribution in [3.05, 3.63) is 40.5 Å². The molecular formula is C16H19N3O4. The molecule has 7 heteroatoms. The van der Waals surface area contributed by atoms with Gasteiger partial charge in [0.25, 0.3) is 0 Å². The molecule has 0 aliphatic heterocycles. The Morgan fingerprint density at radius 3 is 2.43 bits per heavy atom. The van der Waals surface area contributed by atoms with Crippen molar-refractivity contribution in [2.24, 2.45) is 7.05 Å². The van der Waals surface area contributed by atoms with Crippen molar-refractivity contribution < 1.29 is 19.1 Å². The van der Waals surface area contributed by atoms with Gasteiger partial charge in [-0.3, -0.25) is 14.3 Å². The lowest BCUT2D eigenvalue weighted by atomic mass is 10.0. The zero-order chi connectivity index (χ0) is 17.3. The molecule has 0 fully saturated rings. The topological polar surface area (TPSA) is 94.0 Å². The highest BCUT2D eigenvalue weighted by atomic mass is 16.5. The first-order valence-electron chi connectivity index (χ1n) is 7.16. The highest BCUT2D eigenvalue weighted by Gasteiger charge is 2.26. The number of carbonyl (C=O) groups is 3. The van der Waals surface area contributed by atoms with Gasteiger partial charge >= 0.3 is 5.97 Å². The van der Waals surface area contributed by atoms with Crippen LogP contribution in [0.1, 0.15) is 56.3 Å². The summed E-state index contributed by atoms with van der Waals surface area (Å²) >= 11 is 0. The number of ether oxygens (including phenoxy) is 1. The Kier molecular flexibility index (Phi) is 4.49. The first-order chi connectivity index (χ1) is 10.7. The van der Waals surface area contributed by atoms with Crippen LogP contribution in [-0.2, 0) is 11.8 Å². The average molecular weight is 317 g/mol. The SMILES string of the molecule is CC(=O)c1c(C)[nH]c(C(=O)[C@H](C)OC(=O)c2cnn(C)c2)c1C. The standard InChI is InChI=1S/C16H19N3O4/c1-8-13(10(3)20)9(2)18-14(8)15(21)11(4)23-16(22)12-6-17-19(5)7-12/h6-7,11,18H,1-5H3/t11-/m0/s1. The van der Waals surface area contributed by atoms with Gasteiger partial charge in [-0.25, -0.2) is 4.79 Å². The number of esters is 1. The molecule has 7 nitrogen and oxygen atoms in total. The summed E-state index contributed by atoms with van der Waals surface area (Å²) in [4.78, 5) is 39.0. The monoisotopic (exact) mass is 317 g/mol. The zero-order valence-electron chi connectivity index (χ0n) is 13.8. The lowest BCUT2D eigenvalue weighted by molar-refractivity contribution is 0.0317. The molecule has 0 aliphatic rings. The minimum absolute atomic E-state index is 0.115. The molecule has 0 radical (unpaired) electrons. The Labute approximate surface area is 133 Å². The van der Waals surface area contributed by atoms with E-state index in [9.17, 15) is 14.4 Å². The van der Waals surface area contributed by atoms with Crippen LogP contribution in [0.4, 0.5) is 0 Å². The number of aromatic amines is 1. The number of nitrogens with one attached hydrogen (secondary N) is 1. The summed E-state index contributed by atoms with van der Waals surface area (Å²) in [6.45, 7) is 6.37. The highest BCUT2D eigenvalue weighted by molar-refractivity contribution is 6.05. The maximum absolute atomic E-state index is 12.5. The fourth-order valence-electron chi connectivity index (χ4n) is 2.54. The van der Waals surface area contributed by atoms with E-state index in [1.54, 1.807) is 20.9 Å². The van der Waals surface area contributed by atoms with Crippen LogP contribution in [0.2, 0.25) is 0 Å². The lowest BCUT2D eigenvalue weighted by Gasteiger charge is -2.11. The van der Waals surface area contributed by atoms with Crippen LogP contribution in [0.5, 0.6) is 0 Å². The molecule has 1 atom stereocenters. The van der Waals surface area contributed by atoms with Crippen LogP contribution in [0.25, 0.3) is 0 Å². The summed E-state index contributed by atoms with van der Waals surface area (Å²) in [5, 5.41) is 3.88. The van der Waals surface area contributed by atoms with Crippen molar-refractivity contribution in [1.82, 2.24) is 14.8 Å². The molecule has 0 amide bonds. The summed E-state index contributed by atoms with van der Waals surface area (Å²) in [5.74, 6) is -1.11. The van der Waals surface area contributed by atoms with E-state index in [1.807, 2.05) is 0 Å². The number of rotatable bonds is 5. The Bertz CT molecular complexity index is 785. The molecule has 0 bridgehead atoms. The highest BCUT2D eigenvalue weighted by Crippen LogP contribution is 2.20. The van der Waals surface area contributed by atoms with Gasteiger partial charge in [-0.1, -0.05) is 0 Å². The number of hydrogen-bond donors (Lipinski definition) is 1. The number of H-pyrrole nitrogens is 1. The quantitative estimate of drug-likeness (QED) is 0.672. The van der Waals surface area contributed by atoms with Crippen LogP contribution < -0.4 is 0 Å². The maximum Gasteiger partial charge on any atom is 0.342 e. The molecule has 23 heavy (non-hydrogen) atoms. The summed E-state index contributed by atoms with van der Waals surface area (Å²) in [5.41, 5.74) is 2.27. The molecule has 2 rings (SSSR count). The van der Waals surface area contributed by atoms with Crippen LogP contribution in [0.15, 0.2) is 12.4 Å². The smallest absolute Gasteiger partial charge is 0.342 e. The van der Waals surface area contributed by atoms with Gasteiger partial charge in [-0.05, 0) is 33.3 Å². The molecule has 2 heterocycles. The summed E-state index contributed by atoms with van der Waals surface area (Å²) in [6, 6.07) is 0. The second-order valence-electron chi connectivity index (χ2n) is 5.50. The fraction of sp³-hybridized carbons (Fsp3) is 0.375. The Hall–Kier alpha value is -2.70. The molecule has 2 aromatic rings. The van der Waals surface area contributed by atoms with Crippen LogP contribution >= 0.6 is 0 Å². The van der Waals surface area contributed by atoms with Gasteiger partial charge in [-0.2, -0.15) is 5.10 Å². The number of nitrogens with zero attached hydrogens (tertiary/aromatic N) is 2. The fourth-order valence-corrected chi connectivity index (χ4v) is 2.54. The Morgan fingerprint density at radius 1 is 1.30 bits per heavy atom. The maximum atomic E-state index is 12.5. The first kappa shape index (κ1) is 16.7. The molecule has 0 saturated heterocycles. The normalized spacial score (nSPS) is 12.0. The molecule has 0 spiro atoms. The second kappa shape index (κ2) is 6.20. The van der Waals surface area contributed by atoms with Gasteiger partial charge in [0.2, 0.25) is 5.78 Å². The molecule has 0 aliphatic carbocycles. The third-order valence-electron chi connectivity index (χ3n) is 3.63. The van der Waals surface area contributed by atoms with Gasteiger partial charge in [0.1, 0.15) is 0 Å². The van der Waals surface area contributed by atoms with E-state index in [0.29, 0.717) is 22.5 Å². The lowest BCUT2D eigenvalue weighted by Crippen LogP contribution is -2.25. The van der Waals surface area contributed by atoms with Crippen LogP contribution in [0, 0.1) is 13.8 Å². The molecular weight excluding hydrogens is 298 g/mol. The van der Waals surface area contributed by atoms with Gasteiger partial charge in [0, 0.05) is 24.5 Å². The van der Waals surface area contributed by atoms with Crippen molar-refractivity contribution in [3.8, 4) is 0 Å². The number of carbonyl (C=O) groups excluding carboxylic acids is 3. The molecule has 0 unspecified atom stereocenters. The average Bonchev–Trinajstić information content (AvgIpc) is 3.01. The second-order valence-corrected chi connectivity index (χ2v) is 5.50. The van der Waals surface area contributed by atoms with Crippen molar-refractivity contribution in [2.75, 3.05) is 0 Å². The van der Waals surface area contributed by atoms with E-state index in [0.717, 1.165) is 0 Å². The van der Waals surface area contributed by atoms with Gasteiger partial charge in [-0.15, -0.1) is 0 Å². The summed E-state index contributed by atoms with van der Waals surface area (Å²) in [7, 11) is 1.68. The molecule has 1 N–H and O–H groups in total. The minimum Gasteiger partial charge on any atom is -0.451 e. The third kappa shape index (κ3) is 3.23. The minimum atomic E-state index is -0.973. The van der Waals surface area contributed by atoms with E-state index in [1.165, 1.54) is 30.9 Å². The van der Waals surface area contributed by atoms with Gasteiger partial charge < -0.3 is 9.72 Å². The Morgan fingerprint density at radius 2 is 1.96 bits per heavy atom. The number of hydrogen-bond acceptors (Lipinski definition) is 5. The third-order valence-corrected chi connectivity index (χ3v) is 3.63. The molecule has 0 aromatic carbocycles. The van der Waals surface area contributed by atoms with E-state index in [-0.39, 0.29) is 17.1 Å². The first-order valence-corrected chi connectivity index (χ1v) is 7.16. The number of Topliss-reactive ketones (excluding diaryl/α,β-unsaturated/α-hetero) is 2. The summed E-state index contributed by atoms with van der Waals surface area (Å²) < 4.78 is 6.66. The molecule has 0 saturated carbocycles. The van der Waals surface area contributed by atoms with Crippen molar-refractivity contribution in [1.29, 1.82) is 0 Å². The molecule has 122 valence electrons. The summed E-state index contributed by atoms with van der Waals surface area (Å²) in [6.07, 6.45) is 1.91. The van der Waals surface area contributed by atoms with Gasteiger partial charge in [0.15, 0.2) is 11.9 Å². The van der Waals surface area contributed by atoms with E-state index >= 15 is 0 Å². The number of aryl methyl sites for hydroxylation is 2. The predicted octanol–water partition coefficient (Wildman–Crippen LogP) is 2.00. The van der Waals surface area contributed by atoms with Crippen LogP contribution in [-0.4, -0.2) is 38.4 Å². The molecule has 2 aromatic heterocycles. The van der Waals surface area contributed by atoms with E-state index < -0.39 is 12.1 Å². The number of ketones is 2. The number of aromatic nitrogens is 3. The predicted molar refractivity (Wildman–Crippen MR) is 82.7 cm³/mol. The van der Waals surface area contributed by atoms with E-state index in [2.05, 4.69) is 10.1 Å². The van der Waals surface area contributed by atoms with Gasteiger partial charge in [0.05, 0.1) is 17.5 Å². The van der Waals surface area contributed by atoms with Crippen molar-refractivity contribution >= 4 is 17.5 Å². The van der Waals surface area contributed by atoms with E-state index in [4.69, 9.17) is 4.74 Å². The van der Waals surface area contributed by atoms with Crippen molar-refractivity contribution in [3.63, 3.8) is 0 Å². The van der Waals surface area contributed by atoms with Crippen LogP contribution in [0.3, 0.4) is 0 Å². The Balaban J connectivity index is 2.19. The largest absolute Gasteiger partial charge is 0.451 e. The van der Waals surface area contributed by atoms with Crippen molar-refractivity contribution in [2.45, 2.75) is 33.8 Å².